The van der Waals surface area contributed by atoms with Crippen LogP contribution in [0.1, 0.15) is 63.5 Å². The summed E-state index contributed by atoms with van der Waals surface area (Å²) >= 11 is 1.58. The Bertz CT molecular complexity index is 595. The Morgan fingerprint density at radius 2 is 2.00 bits per heavy atom. The molecule has 25 heavy (non-hydrogen) atoms. The highest BCUT2D eigenvalue weighted by Gasteiger charge is 2.18. The summed E-state index contributed by atoms with van der Waals surface area (Å²) < 4.78 is 2.07. The van der Waals surface area contributed by atoms with E-state index >= 15 is 0 Å². The van der Waals surface area contributed by atoms with Gasteiger partial charge in [0, 0.05) is 22.7 Å². The summed E-state index contributed by atoms with van der Waals surface area (Å²) in [7, 11) is 0. The molecule has 138 valence electrons. The minimum Gasteiger partial charge on any atom is -0.384 e. The van der Waals surface area contributed by atoms with Crippen LogP contribution in [0.2, 0.25) is 0 Å². The van der Waals surface area contributed by atoms with Crippen molar-refractivity contribution in [1.82, 2.24) is 15.1 Å². The van der Waals surface area contributed by atoms with Gasteiger partial charge in [-0.25, -0.2) is 4.68 Å². The van der Waals surface area contributed by atoms with E-state index in [9.17, 15) is 0 Å². The zero-order valence-electron chi connectivity index (χ0n) is 15.5. The molecule has 0 amide bonds. The quantitative estimate of drug-likeness (QED) is 0.627. The van der Waals surface area contributed by atoms with Crippen molar-refractivity contribution in [2.75, 3.05) is 12.3 Å². The number of rotatable bonds is 8. The predicted octanol–water partition coefficient (Wildman–Crippen LogP) is 5.18. The monoisotopic (exact) mass is 360 g/mol. The van der Waals surface area contributed by atoms with E-state index in [-0.39, 0.29) is 0 Å². The summed E-state index contributed by atoms with van der Waals surface area (Å²) in [6.07, 6.45) is 13.8. The highest BCUT2D eigenvalue weighted by Crippen LogP contribution is 2.29. The average Bonchev–Trinajstić information content (AvgIpc) is 2.93. The molecule has 0 atom stereocenters. The first-order valence-electron chi connectivity index (χ1n) is 9.35. The van der Waals surface area contributed by atoms with Gasteiger partial charge in [-0.15, -0.1) is 0 Å². The van der Waals surface area contributed by atoms with E-state index in [4.69, 9.17) is 5.73 Å². The molecule has 0 unspecified atom stereocenters. The molecule has 1 heterocycles. The van der Waals surface area contributed by atoms with E-state index in [1.165, 1.54) is 44.9 Å². The van der Waals surface area contributed by atoms with Crippen LogP contribution in [0.5, 0.6) is 0 Å². The zero-order chi connectivity index (χ0) is 18.1. The smallest absolute Gasteiger partial charge is 0.125 e. The van der Waals surface area contributed by atoms with Crippen LogP contribution in [0.25, 0.3) is 0 Å². The van der Waals surface area contributed by atoms with Crippen LogP contribution in [-0.4, -0.2) is 16.3 Å². The van der Waals surface area contributed by atoms with Crippen molar-refractivity contribution in [1.29, 1.82) is 0 Å². The second-order valence-electron chi connectivity index (χ2n) is 6.66. The fourth-order valence-corrected chi connectivity index (χ4v) is 3.75. The first-order valence-corrected chi connectivity index (χ1v) is 10.2. The van der Waals surface area contributed by atoms with Crippen molar-refractivity contribution < 1.29 is 0 Å². The molecule has 1 aliphatic carbocycles. The number of aromatic nitrogens is 2. The molecule has 0 aliphatic heterocycles. The van der Waals surface area contributed by atoms with Crippen molar-refractivity contribution in [3.63, 3.8) is 0 Å². The minimum atomic E-state index is 0.467. The Kier molecular flexibility index (Phi) is 8.19. The van der Waals surface area contributed by atoms with E-state index in [0.717, 1.165) is 34.9 Å². The average molecular weight is 361 g/mol. The van der Waals surface area contributed by atoms with Gasteiger partial charge in [0.2, 0.25) is 0 Å². The largest absolute Gasteiger partial charge is 0.384 e. The van der Waals surface area contributed by atoms with Crippen LogP contribution >= 0.6 is 11.8 Å². The number of hydrogen-bond donors (Lipinski definition) is 2. The number of nitrogens with one attached hydrogen (secondary N) is 1. The van der Waals surface area contributed by atoms with Gasteiger partial charge in [-0.1, -0.05) is 63.1 Å². The second kappa shape index (κ2) is 10.4. The Labute approximate surface area is 156 Å². The second-order valence-corrected chi connectivity index (χ2v) is 7.66. The molecular formula is C20H32N4S. The van der Waals surface area contributed by atoms with Crippen LogP contribution in [0.4, 0.5) is 5.82 Å². The summed E-state index contributed by atoms with van der Waals surface area (Å²) in [4.78, 5) is 0.941. The molecule has 3 N–H and O–H groups in total. The Balaban J connectivity index is 1.86. The fourth-order valence-electron chi connectivity index (χ4n) is 3.24. The number of nitrogens with two attached hydrogens (primary N) is 1. The molecule has 0 spiro atoms. The van der Waals surface area contributed by atoms with Gasteiger partial charge in [0.05, 0.1) is 12.2 Å². The molecule has 0 bridgehead atoms. The van der Waals surface area contributed by atoms with E-state index in [2.05, 4.69) is 28.3 Å². The van der Waals surface area contributed by atoms with E-state index in [1.807, 2.05) is 24.6 Å². The molecule has 0 aromatic carbocycles. The topological polar surface area (TPSA) is 55.9 Å². The lowest BCUT2D eigenvalue weighted by Crippen LogP contribution is -2.18. The van der Waals surface area contributed by atoms with Crippen LogP contribution in [0, 0.1) is 0 Å². The molecule has 5 heteroatoms. The predicted molar refractivity (Wildman–Crippen MR) is 110 cm³/mol. The number of thioether (sulfide) groups is 1. The third kappa shape index (κ3) is 5.99. The summed E-state index contributed by atoms with van der Waals surface area (Å²) in [5, 5.41) is 9.93. The third-order valence-corrected chi connectivity index (χ3v) is 5.69. The lowest BCUT2D eigenvalue weighted by atomic mass is 9.97. The summed E-state index contributed by atoms with van der Waals surface area (Å²) in [6, 6.07) is 0.467. The number of allylic oxidation sites excluding steroid dienone is 1. The minimum absolute atomic E-state index is 0.467. The van der Waals surface area contributed by atoms with Gasteiger partial charge in [-0.3, -0.25) is 0 Å². The summed E-state index contributed by atoms with van der Waals surface area (Å²) in [5.41, 5.74) is 8.38. The van der Waals surface area contributed by atoms with Crippen molar-refractivity contribution in [2.45, 2.75) is 64.3 Å². The fraction of sp³-hybridized carbons (Fsp3) is 0.550. The van der Waals surface area contributed by atoms with E-state index in [1.54, 1.807) is 11.8 Å². The van der Waals surface area contributed by atoms with Crippen molar-refractivity contribution in [3.8, 4) is 0 Å². The zero-order valence-corrected chi connectivity index (χ0v) is 16.3. The normalized spacial score (nSPS) is 16.5. The highest BCUT2D eigenvalue weighted by atomic mass is 32.2. The van der Waals surface area contributed by atoms with E-state index in [0.29, 0.717) is 6.04 Å². The number of nitrogen functional groups attached to an aromatic ring is 1. The van der Waals surface area contributed by atoms with Gasteiger partial charge in [0.25, 0.3) is 0 Å². The van der Waals surface area contributed by atoms with Crippen LogP contribution in [0.3, 0.4) is 0 Å². The van der Waals surface area contributed by atoms with Crippen molar-refractivity contribution in [2.24, 2.45) is 0 Å². The van der Waals surface area contributed by atoms with Gasteiger partial charge >= 0.3 is 0 Å². The molecular weight excluding hydrogens is 328 g/mol. The Morgan fingerprint density at radius 1 is 1.32 bits per heavy atom. The number of hydrogen-bond acceptors (Lipinski definition) is 4. The SMILES string of the molecule is C=C(NCCc1cnn(C2CCCCCCC2)c1N)C(=C)S/C=C\C. The van der Waals surface area contributed by atoms with Crippen molar-refractivity contribution >= 4 is 17.6 Å². The molecule has 1 aromatic heterocycles. The van der Waals surface area contributed by atoms with Gasteiger partial charge in [-0.05, 0) is 31.6 Å². The van der Waals surface area contributed by atoms with Gasteiger partial charge < -0.3 is 11.1 Å². The first kappa shape index (κ1) is 19.7. The molecule has 2 rings (SSSR count). The van der Waals surface area contributed by atoms with Crippen LogP contribution in [0.15, 0.2) is 41.4 Å². The standard InChI is InChI=1S/C20H32N4S/c1-4-14-25-17(3)16(2)22-13-12-18-15-23-24(20(18)21)19-10-8-6-5-7-9-11-19/h4,14-15,19,22H,2-3,5-13,21H2,1H3/b14-4-. The molecule has 1 fully saturated rings. The maximum absolute atomic E-state index is 6.39. The molecule has 0 radical (unpaired) electrons. The maximum atomic E-state index is 6.39. The third-order valence-electron chi connectivity index (χ3n) is 4.75. The maximum Gasteiger partial charge on any atom is 0.125 e. The highest BCUT2D eigenvalue weighted by molar-refractivity contribution is 8.06. The lowest BCUT2D eigenvalue weighted by molar-refractivity contribution is 0.351. The van der Waals surface area contributed by atoms with Gasteiger partial charge in [0.1, 0.15) is 5.82 Å². The molecule has 4 nitrogen and oxygen atoms in total. The Hall–Kier alpha value is -1.62. The number of anilines is 1. The van der Waals surface area contributed by atoms with Crippen LogP contribution < -0.4 is 11.1 Å². The van der Waals surface area contributed by atoms with Gasteiger partial charge in [0.15, 0.2) is 0 Å². The molecule has 0 saturated heterocycles. The summed E-state index contributed by atoms with van der Waals surface area (Å²) in [6.45, 7) is 10.8. The van der Waals surface area contributed by atoms with Crippen LogP contribution in [-0.2, 0) is 6.42 Å². The molecule has 1 aliphatic rings. The van der Waals surface area contributed by atoms with Gasteiger partial charge in [-0.2, -0.15) is 5.10 Å². The van der Waals surface area contributed by atoms with E-state index < -0.39 is 0 Å². The molecule has 1 aromatic rings. The Morgan fingerprint density at radius 3 is 2.68 bits per heavy atom. The first-order chi connectivity index (χ1) is 12.1. The summed E-state index contributed by atoms with van der Waals surface area (Å²) in [5.74, 6) is 0.833. The lowest BCUT2D eigenvalue weighted by Gasteiger charge is -2.21. The number of nitrogens with zero attached hydrogens (tertiary/aromatic N) is 2. The molecule has 1 saturated carbocycles. The van der Waals surface area contributed by atoms with Crippen molar-refractivity contribution in [3.05, 3.63) is 47.0 Å².